The fourth-order valence-electron chi connectivity index (χ4n) is 1.15. The highest BCUT2D eigenvalue weighted by Gasteiger charge is 2.16. The molecule has 0 saturated heterocycles. The maximum absolute atomic E-state index is 5.65. The van der Waals surface area contributed by atoms with E-state index >= 15 is 0 Å². The van der Waals surface area contributed by atoms with E-state index in [1.54, 1.807) is 0 Å². The number of hydrogen-bond donors (Lipinski definition) is 0. The van der Waals surface area contributed by atoms with Crippen LogP contribution in [0, 0.1) is 5.92 Å². The summed E-state index contributed by atoms with van der Waals surface area (Å²) in [5, 5.41) is 0. The van der Waals surface area contributed by atoms with Gasteiger partial charge >= 0.3 is 0 Å². The molecule has 0 aliphatic rings. The second-order valence-corrected chi connectivity index (χ2v) is 7.47. The van der Waals surface area contributed by atoms with Crippen molar-refractivity contribution < 1.29 is 4.74 Å². The first-order chi connectivity index (χ1) is 6.98. The Kier molecular flexibility index (Phi) is 9.16. The Morgan fingerprint density at radius 1 is 1.13 bits per heavy atom. The van der Waals surface area contributed by atoms with Crippen molar-refractivity contribution in [2.75, 3.05) is 18.1 Å². The monoisotopic (exact) mass is 250 g/mol. The Morgan fingerprint density at radius 3 is 2.27 bits per heavy atom. The summed E-state index contributed by atoms with van der Waals surface area (Å²) in [6.45, 7) is 11.8. The molecule has 1 nitrogen and oxygen atoms in total. The minimum absolute atomic E-state index is 0.0559. The number of rotatable bonds is 9. The average molecular weight is 250 g/mol. The maximum Gasteiger partial charge on any atom is 0.0634 e. The van der Waals surface area contributed by atoms with Crippen LogP contribution in [0.5, 0.6) is 0 Å². The fourth-order valence-corrected chi connectivity index (χ4v) is 3.78. The summed E-state index contributed by atoms with van der Waals surface area (Å²) in [7, 11) is 3.99. The van der Waals surface area contributed by atoms with Crippen LogP contribution in [-0.2, 0) is 4.74 Å². The van der Waals surface area contributed by atoms with E-state index in [4.69, 9.17) is 4.74 Å². The fraction of sp³-hybridized carbons (Fsp3) is 1.00. The first-order valence-corrected chi connectivity index (χ1v) is 8.35. The molecule has 0 radical (unpaired) electrons. The summed E-state index contributed by atoms with van der Waals surface area (Å²) in [6.07, 6.45) is 2.46. The van der Waals surface area contributed by atoms with Gasteiger partial charge in [0.25, 0.3) is 0 Å². The molecule has 0 aliphatic carbocycles. The van der Waals surface area contributed by atoms with Crippen LogP contribution >= 0.6 is 21.6 Å². The van der Waals surface area contributed by atoms with Crippen LogP contribution < -0.4 is 0 Å². The normalized spacial score (nSPS) is 12.4. The van der Waals surface area contributed by atoms with Crippen molar-refractivity contribution in [1.29, 1.82) is 0 Å². The molecule has 0 aromatic heterocycles. The van der Waals surface area contributed by atoms with Crippen LogP contribution in [0.3, 0.4) is 0 Å². The number of hydrogen-bond acceptors (Lipinski definition) is 3. The van der Waals surface area contributed by atoms with Crippen molar-refractivity contribution in [1.82, 2.24) is 0 Å². The van der Waals surface area contributed by atoms with Gasteiger partial charge in [0, 0.05) is 18.1 Å². The van der Waals surface area contributed by atoms with Crippen molar-refractivity contribution in [2.45, 2.75) is 53.1 Å². The van der Waals surface area contributed by atoms with Crippen molar-refractivity contribution >= 4 is 21.6 Å². The van der Waals surface area contributed by atoms with Crippen LogP contribution in [0.1, 0.15) is 47.5 Å². The lowest BCUT2D eigenvalue weighted by Gasteiger charge is -2.24. The molecule has 0 fully saturated rings. The molecule has 92 valence electrons. The van der Waals surface area contributed by atoms with E-state index in [0.29, 0.717) is 0 Å². The molecule has 0 atom stereocenters. The van der Waals surface area contributed by atoms with Gasteiger partial charge in [0.2, 0.25) is 0 Å². The van der Waals surface area contributed by atoms with Crippen molar-refractivity contribution in [2.24, 2.45) is 5.92 Å². The van der Waals surface area contributed by atoms with Gasteiger partial charge in [-0.2, -0.15) is 0 Å². The zero-order valence-electron chi connectivity index (χ0n) is 10.8. The zero-order valence-corrected chi connectivity index (χ0v) is 12.5. The second kappa shape index (κ2) is 8.77. The van der Waals surface area contributed by atoms with Gasteiger partial charge in [0.1, 0.15) is 0 Å². The topological polar surface area (TPSA) is 9.23 Å². The Balaban J connectivity index is 3.30. The first-order valence-electron chi connectivity index (χ1n) is 5.86. The minimum atomic E-state index is 0.0559. The lowest BCUT2D eigenvalue weighted by atomic mass is 10.1. The highest BCUT2D eigenvalue weighted by atomic mass is 33.1. The van der Waals surface area contributed by atoms with Crippen LogP contribution in [0.15, 0.2) is 0 Å². The quantitative estimate of drug-likeness (QED) is 0.436. The molecule has 0 saturated carbocycles. The zero-order chi connectivity index (χ0) is 11.7. The molecule has 0 unspecified atom stereocenters. The van der Waals surface area contributed by atoms with Gasteiger partial charge < -0.3 is 4.74 Å². The summed E-state index contributed by atoms with van der Waals surface area (Å²) in [4.78, 5) is 0. The third-order valence-electron chi connectivity index (χ3n) is 2.18. The summed E-state index contributed by atoms with van der Waals surface area (Å²) in [5.41, 5.74) is 0.0559. The van der Waals surface area contributed by atoms with Gasteiger partial charge in [0.05, 0.1) is 5.60 Å². The third kappa shape index (κ3) is 10.9. The van der Waals surface area contributed by atoms with E-state index in [1.807, 2.05) is 21.6 Å². The molecule has 0 bridgehead atoms. The Bertz CT molecular complexity index is 147. The van der Waals surface area contributed by atoms with E-state index in [9.17, 15) is 0 Å². The van der Waals surface area contributed by atoms with Crippen LogP contribution in [0.2, 0.25) is 0 Å². The molecule has 0 aromatic rings. The van der Waals surface area contributed by atoms with E-state index in [0.717, 1.165) is 18.9 Å². The molecule has 15 heavy (non-hydrogen) atoms. The number of ether oxygens (including phenoxy) is 1. The highest BCUT2D eigenvalue weighted by molar-refractivity contribution is 8.76. The smallest absolute Gasteiger partial charge is 0.0634 e. The van der Waals surface area contributed by atoms with Gasteiger partial charge in [-0.05, 0) is 39.5 Å². The summed E-state index contributed by atoms with van der Waals surface area (Å²) in [5.74, 6) is 3.30. The molecule has 0 heterocycles. The molecule has 0 rings (SSSR count). The van der Waals surface area contributed by atoms with Gasteiger partial charge in [0.15, 0.2) is 0 Å². The lowest BCUT2D eigenvalue weighted by molar-refractivity contribution is -0.0115. The van der Waals surface area contributed by atoms with Gasteiger partial charge in [-0.1, -0.05) is 35.4 Å². The molecule has 0 amide bonds. The van der Waals surface area contributed by atoms with E-state index in [1.165, 1.54) is 17.9 Å². The Hall–Kier alpha value is 0.660. The molecule has 0 spiro atoms. The van der Waals surface area contributed by atoms with Crippen LogP contribution in [0.25, 0.3) is 0 Å². The molecule has 0 N–H and O–H groups in total. The molecule has 0 aliphatic heterocycles. The third-order valence-corrected chi connectivity index (χ3v) is 4.62. The van der Waals surface area contributed by atoms with E-state index < -0.39 is 0 Å². The minimum Gasteiger partial charge on any atom is -0.376 e. The van der Waals surface area contributed by atoms with E-state index in [2.05, 4.69) is 34.6 Å². The van der Waals surface area contributed by atoms with Gasteiger partial charge in [-0.3, -0.25) is 0 Å². The molecule has 3 heteroatoms. The standard InChI is InChI=1S/C12H26OS2/c1-6-13-12(4,5)8-10-15-14-9-7-11(2)3/h11H,6-10H2,1-5H3. The molecular weight excluding hydrogens is 224 g/mol. The van der Waals surface area contributed by atoms with E-state index in [-0.39, 0.29) is 5.60 Å². The first kappa shape index (κ1) is 15.7. The van der Waals surface area contributed by atoms with Crippen molar-refractivity contribution in [3.05, 3.63) is 0 Å². The Labute approximate surface area is 104 Å². The van der Waals surface area contributed by atoms with Gasteiger partial charge in [-0.25, -0.2) is 0 Å². The highest BCUT2D eigenvalue weighted by Crippen LogP contribution is 2.27. The summed E-state index contributed by atoms with van der Waals surface area (Å²) >= 11 is 0. The average Bonchev–Trinajstić information content (AvgIpc) is 2.10. The molecule has 0 aromatic carbocycles. The predicted octanol–water partition coefficient (Wildman–Crippen LogP) is 4.62. The predicted molar refractivity (Wildman–Crippen MR) is 74.7 cm³/mol. The maximum atomic E-state index is 5.65. The van der Waals surface area contributed by atoms with Crippen molar-refractivity contribution in [3.63, 3.8) is 0 Å². The van der Waals surface area contributed by atoms with Crippen LogP contribution in [-0.4, -0.2) is 23.7 Å². The van der Waals surface area contributed by atoms with Gasteiger partial charge in [-0.15, -0.1) is 0 Å². The lowest BCUT2D eigenvalue weighted by Crippen LogP contribution is -2.24. The van der Waals surface area contributed by atoms with Crippen molar-refractivity contribution in [3.8, 4) is 0 Å². The second-order valence-electron chi connectivity index (χ2n) is 4.77. The summed E-state index contributed by atoms with van der Waals surface area (Å²) < 4.78 is 5.65. The Morgan fingerprint density at radius 2 is 1.73 bits per heavy atom. The summed E-state index contributed by atoms with van der Waals surface area (Å²) in [6, 6.07) is 0. The SMILES string of the molecule is CCOC(C)(C)CCSSCCC(C)C. The molecular formula is C12H26OS2. The van der Waals surface area contributed by atoms with Crippen LogP contribution in [0.4, 0.5) is 0 Å². The largest absolute Gasteiger partial charge is 0.376 e.